The van der Waals surface area contributed by atoms with Crippen molar-refractivity contribution >= 4 is 34.1 Å². The molecule has 2 amide bonds. The van der Waals surface area contributed by atoms with Crippen molar-refractivity contribution in [1.82, 2.24) is 15.2 Å². The fourth-order valence-electron chi connectivity index (χ4n) is 3.60. The van der Waals surface area contributed by atoms with E-state index in [-0.39, 0.29) is 17.9 Å². The maximum atomic E-state index is 12.6. The Balaban J connectivity index is 1.25. The van der Waals surface area contributed by atoms with E-state index >= 15 is 0 Å². The summed E-state index contributed by atoms with van der Waals surface area (Å²) in [5, 5.41) is 5.87. The number of thiophene rings is 1. The van der Waals surface area contributed by atoms with E-state index in [4.69, 9.17) is 4.74 Å². The fraction of sp³-hybridized carbons (Fsp3) is 0.318. The molecule has 4 rings (SSSR count). The van der Waals surface area contributed by atoms with Gasteiger partial charge in [-0.3, -0.25) is 14.6 Å². The van der Waals surface area contributed by atoms with Gasteiger partial charge in [0.15, 0.2) is 0 Å². The predicted octanol–water partition coefficient (Wildman–Crippen LogP) is 3.49. The minimum Gasteiger partial charge on any atom is -0.491 e. The molecule has 0 aliphatic carbocycles. The van der Waals surface area contributed by atoms with Gasteiger partial charge >= 0.3 is 0 Å². The van der Waals surface area contributed by atoms with E-state index in [1.54, 1.807) is 17.2 Å². The number of carbonyl (C=O) groups is 2. The van der Waals surface area contributed by atoms with Crippen molar-refractivity contribution in [2.75, 3.05) is 19.7 Å². The Labute approximate surface area is 173 Å². The fourth-order valence-corrected chi connectivity index (χ4v) is 4.28. The maximum absolute atomic E-state index is 12.6. The van der Waals surface area contributed by atoms with Crippen LogP contribution >= 0.6 is 11.3 Å². The normalized spacial score (nSPS) is 16.1. The quantitative estimate of drug-likeness (QED) is 0.607. The van der Waals surface area contributed by atoms with Crippen molar-refractivity contribution in [2.45, 2.75) is 25.3 Å². The number of pyridine rings is 1. The van der Waals surface area contributed by atoms with Gasteiger partial charge in [-0.2, -0.15) is 0 Å². The van der Waals surface area contributed by atoms with Crippen LogP contribution in [0.2, 0.25) is 0 Å². The lowest BCUT2D eigenvalue weighted by atomic mass is 10.2. The number of rotatable bonds is 7. The molecule has 0 unspecified atom stereocenters. The summed E-state index contributed by atoms with van der Waals surface area (Å²) >= 11 is 1.41. The van der Waals surface area contributed by atoms with E-state index in [2.05, 4.69) is 10.3 Å². The van der Waals surface area contributed by atoms with Gasteiger partial charge in [0.2, 0.25) is 5.91 Å². The monoisotopic (exact) mass is 409 g/mol. The second kappa shape index (κ2) is 9.05. The number of hydrogen-bond acceptors (Lipinski definition) is 5. The summed E-state index contributed by atoms with van der Waals surface area (Å²) < 4.78 is 5.86. The molecule has 29 heavy (non-hydrogen) atoms. The first-order valence-corrected chi connectivity index (χ1v) is 10.7. The number of likely N-dealkylation sites (tertiary alicyclic amines) is 1. The lowest BCUT2D eigenvalue weighted by Gasteiger charge is -2.23. The molecule has 1 N–H and O–H groups in total. The van der Waals surface area contributed by atoms with Crippen LogP contribution in [0.3, 0.4) is 0 Å². The zero-order valence-corrected chi connectivity index (χ0v) is 16.9. The van der Waals surface area contributed by atoms with Crippen LogP contribution in [0, 0.1) is 0 Å². The van der Waals surface area contributed by atoms with Crippen LogP contribution in [0.1, 0.15) is 28.9 Å². The summed E-state index contributed by atoms with van der Waals surface area (Å²) in [6, 6.07) is 13.0. The Kier molecular flexibility index (Phi) is 6.05. The molecular weight excluding hydrogens is 386 g/mol. The first kappa shape index (κ1) is 19.4. The molecule has 3 aromatic rings. The molecule has 1 fully saturated rings. The molecule has 1 aliphatic rings. The molecule has 1 atom stereocenters. The minimum absolute atomic E-state index is 0.0514. The van der Waals surface area contributed by atoms with Gasteiger partial charge in [0.25, 0.3) is 5.91 Å². The van der Waals surface area contributed by atoms with Crippen molar-refractivity contribution in [3.8, 4) is 5.75 Å². The number of amides is 2. The third-order valence-electron chi connectivity index (χ3n) is 5.02. The maximum Gasteiger partial charge on any atom is 0.264 e. The van der Waals surface area contributed by atoms with Gasteiger partial charge in [0.1, 0.15) is 17.3 Å². The molecule has 1 saturated heterocycles. The number of fused-ring (bicyclic) bond motifs is 1. The van der Waals surface area contributed by atoms with Crippen LogP contribution in [-0.2, 0) is 4.79 Å². The molecule has 7 heteroatoms. The summed E-state index contributed by atoms with van der Waals surface area (Å²) in [5.41, 5.74) is 0.840. The summed E-state index contributed by atoms with van der Waals surface area (Å²) in [5.74, 6) is 0.613. The standard InChI is InChI=1S/C22H23N3O3S/c26-21(17-8-3-13-25(17)22(27)19-10-4-15-29-19)24-12-5-14-28-18-9-1-6-16-7-2-11-23-20(16)18/h1-2,4,6-7,9-11,15,17H,3,5,8,12-14H2,(H,24,26)/t17-/m0/s1. The van der Waals surface area contributed by atoms with E-state index in [1.807, 2.05) is 41.8 Å². The lowest BCUT2D eigenvalue weighted by Crippen LogP contribution is -2.46. The summed E-state index contributed by atoms with van der Waals surface area (Å²) in [7, 11) is 0. The number of nitrogens with one attached hydrogen (secondary N) is 1. The highest BCUT2D eigenvalue weighted by molar-refractivity contribution is 7.12. The minimum atomic E-state index is -0.382. The lowest BCUT2D eigenvalue weighted by molar-refractivity contribution is -0.124. The Morgan fingerprint density at radius 2 is 2.10 bits per heavy atom. The Morgan fingerprint density at radius 3 is 2.97 bits per heavy atom. The van der Waals surface area contributed by atoms with Crippen LogP contribution in [0.5, 0.6) is 5.75 Å². The van der Waals surface area contributed by atoms with Gasteiger partial charge in [-0.1, -0.05) is 24.3 Å². The Bertz CT molecular complexity index is 985. The van der Waals surface area contributed by atoms with Crippen LogP contribution in [-0.4, -0.2) is 47.4 Å². The second-order valence-corrected chi connectivity index (χ2v) is 7.91. The molecule has 2 aromatic heterocycles. The molecule has 0 saturated carbocycles. The van der Waals surface area contributed by atoms with Gasteiger partial charge in [-0.15, -0.1) is 11.3 Å². The van der Waals surface area contributed by atoms with Crippen molar-refractivity contribution in [2.24, 2.45) is 0 Å². The number of aromatic nitrogens is 1. The molecule has 1 aromatic carbocycles. The second-order valence-electron chi connectivity index (χ2n) is 6.96. The third kappa shape index (κ3) is 4.40. The van der Waals surface area contributed by atoms with Gasteiger partial charge in [0, 0.05) is 24.7 Å². The van der Waals surface area contributed by atoms with Crippen LogP contribution in [0.25, 0.3) is 10.9 Å². The molecule has 0 radical (unpaired) electrons. The van der Waals surface area contributed by atoms with Crippen molar-refractivity contribution in [3.63, 3.8) is 0 Å². The largest absolute Gasteiger partial charge is 0.491 e. The summed E-state index contributed by atoms with van der Waals surface area (Å²) in [4.78, 5) is 31.9. The van der Waals surface area contributed by atoms with Crippen LogP contribution in [0.4, 0.5) is 0 Å². The first-order valence-electron chi connectivity index (χ1n) is 9.83. The highest BCUT2D eigenvalue weighted by atomic mass is 32.1. The third-order valence-corrected chi connectivity index (χ3v) is 5.88. The van der Waals surface area contributed by atoms with Crippen molar-refractivity contribution in [1.29, 1.82) is 0 Å². The van der Waals surface area contributed by atoms with Gasteiger partial charge in [-0.25, -0.2) is 0 Å². The topological polar surface area (TPSA) is 71.5 Å². The van der Waals surface area contributed by atoms with E-state index in [0.29, 0.717) is 37.4 Å². The average molecular weight is 410 g/mol. The molecule has 6 nitrogen and oxygen atoms in total. The average Bonchev–Trinajstić information content (AvgIpc) is 3.45. The number of nitrogens with zero attached hydrogens (tertiary/aromatic N) is 2. The van der Waals surface area contributed by atoms with Crippen molar-refractivity contribution < 1.29 is 14.3 Å². The zero-order valence-electron chi connectivity index (χ0n) is 16.0. The van der Waals surface area contributed by atoms with Gasteiger partial charge in [-0.05, 0) is 42.8 Å². The molecule has 3 heterocycles. The van der Waals surface area contributed by atoms with Gasteiger partial charge in [0.05, 0.1) is 11.5 Å². The zero-order chi connectivity index (χ0) is 20.1. The van der Waals surface area contributed by atoms with E-state index in [0.717, 1.165) is 23.1 Å². The van der Waals surface area contributed by atoms with E-state index in [9.17, 15) is 9.59 Å². The Morgan fingerprint density at radius 1 is 1.21 bits per heavy atom. The van der Waals surface area contributed by atoms with Crippen LogP contribution < -0.4 is 10.1 Å². The first-order chi connectivity index (χ1) is 14.2. The summed E-state index contributed by atoms with van der Waals surface area (Å²) in [6.45, 7) is 1.62. The predicted molar refractivity (Wildman–Crippen MR) is 113 cm³/mol. The number of hydrogen-bond donors (Lipinski definition) is 1. The molecular formula is C22H23N3O3S. The smallest absolute Gasteiger partial charge is 0.264 e. The van der Waals surface area contributed by atoms with Crippen LogP contribution in [0.15, 0.2) is 54.0 Å². The molecule has 0 spiro atoms. The van der Waals surface area contributed by atoms with E-state index < -0.39 is 0 Å². The van der Waals surface area contributed by atoms with Crippen molar-refractivity contribution in [3.05, 3.63) is 58.9 Å². The molecule has 150 valence electrons. The Hall–Kier alpha value is -2.93. The van der Waals surface area contributed by atoms with E-state index in [1.165, 1.54) is 11.3 Å². The molecule has 0 bridgehead atoms. The SMILES string of the molecule is O=C(NCCCOc1cccc2cccnc12)[C@@H]1CCCN1C(=O)c1cccs1. The number of ether oxygens (including phenoxy) is 1. The highest BCUT2D eigenvalue weighted by Crippen LogP contribution is 2.23. The van der Waals surface area contributed by atoms with Gasteiger partial charge < -0.3 is 15.0 Å². The highest BCUT2D eigenvalue weighted by Gasteiger charge is 2.34. The summed E-state index contributed by atoms with van der Waals surface area (Å²) in [6.07, 6.45) is 3.99. The number of carbonyl (C=O) groups excluding carboxylic acids is 2. The number of benzene rings is 1. The molecule has 1 aliphatic heterocycles. The number of para-hydroxylation sites is 1.